The van der Waals surface area contributed by atoms with Crippen LogP contribution < -0.4 is 16.2 Å². The van der Waals surface area contributed by atoms with E-state index in [1.807, 2.05) is 24.3 Å². The van der Waals surface area contributed by atoms with Gasteiger partial charge in [0.25, 0.3) is 0 Å². The molecule has 1 aromatic rings. The topological polar surface area (TPSA) is 78.3 Å². The predicted molar refractivity (Wildman–Crippen MR) is 72.4 cm³/mol. The van der Waals surface area contributed by atoms with Crippen molar-refractivity contribution < 1.29 is 9.53 Å². The van der Waals surface area contributed by atoms with Gasteiger partial charge in [-0.3, -0.25) is 4.79 Å². The van der Waals surface area contributed by atoms with Crippen molar-refractivity contribution in [3.63, 3.8) is 0 Å². The Morgan fingerprint density at radius 1 is 1.06 bits per heavy atom. The number of unbranched alkanes of at least 4 members (excludes halogenated alkanes) is 3. The van der Waals surface area contributed by atoms with Crippen LogP contribution in [0.25, 0.3) is 0 Å². The largest absolute Gasteiger partial charge is 0.494 e. The number of nitrogens with two attached hydrogens (primary N) is 2. The SMILES string of the molecule is NCCCCCCOc1ccc(CC(N)=O)cc1. The fourth-order valence-electron chi connectivity index (χ4n) is 1.69. The number of rotatable bonds is 9. The zero-order valence-corrected chi connectivity index (χ0v) is 10.7. The molecule has 4 heteroatoms. The fraction of sp³-hybridized carbons (Fsp3) is 0.500. The lowest BCUT2D eigenvalue weighted by Gasteiger charge is -2.06. The van der Waals surface area contributed by atoms with Gasteiger partial charge in [0.1, 0.15) is 5.75 Å². The van der Waals surface area contributed by atoms with Gasteiger partial charge in [0.05, 0.1) is 13.0 Å². The first-order valence-corrected chi connectivity index (χ1v) is 6.42. The molecule has 0 aliphatic heterocycles. The number of hydrogen-bond donors (Lipinski definition) is 2. The van der Waals surface area contributed by atoms with Crippen molar-refractivity contribution in [1.82, 2.24) is 0 Å². The lowest BCUT2D eigenvalue weighted by Crippen LogP contribution is -2.13. The second-order valence-electron chi connectivity index (χ2n) is 4.34. The average molecular weight is 250 g/mol. The summed E-state index contributed by atoms with van der Waals surface area (Å²) in [5.74, 6) is 0.519. The van der Waals surface area contributed by atoms with Crippen LogP contribution in [0.3, 0.4) is 0 Å². The maximum absolute atomic E-state index is 10.7. The molecule has 0 aliphatic carbocycles. The summed E-state index contributed by atoms with van der Waals surface area (Å²) in [6, 6.07) is 7.49. The molecule has 4 nitrogen and oxygen atoms in total. The highest BCUT2D eigenvalue weighted by atomic mass is 16.5. The second kappa shape index (κ2) is 8.53. The zero-order valence-electron chi connectivity index (χ0n) is 10.7. The van der Waals surface area contributed by atoms with E-state index in [2.05, 4.69) is 0 Å². The molecule has 4 N–H and O–H groups in total. The number of hydrogen-bond acceptors (Lipinski definition) is 3. The van der Waals surface area contributed by atoms with Crippen LogP contribution in [-0.4, -0.2) is 19.1 Å². The Bertz CT molecular complexity index is 349. The Morgan fingerprint density at radius 2 is 1.72 bits per heavy atom. The lowest BCUT2D eigenvalue weighted by molar-refractivity contribution is -0.117. The standard InChI is InChI=1S/C14H22N2O2/c15-9-3-1-2-4-10-18-13-7-5-12(6-8-13)11-14(16)17/h5-8H,1-4,9-11,15H2,(H2,16,17). The van der Waals surface area contributed by atoms with E-state index in [9.17, 15) is 4.79 Å². The summed E-state index contributed by atoms with van der Waals surface area (Å²) in [6.07, 6.45) is 4.72. The van der Waals surface area contributed by atoms with Crippen molar-refractivity contribution in [2.24, 2.45) is 11.5 Å². The Labute approximate surface area is 108 Å². The average Bonchev–Trinajstić information content (AvgIpc) is 2.35. The zero-order chi connectivity index (χ0) is 13.2. The van der Waals surface area contributed by atoms with E-state index in [4.69, 9.17) is 16.2 Å². The van der Waals surface area contributed by atoms with Gasteiger partial charge in [-0.1, -0.05) is 25.0 Å². The van der Waals surface area contributed by atoms with E-state index >= 15 is 0 Å². The highest BCUT2D eigenvalue weighted by molar-refractivity contribution is 5.76. The van der Waals surface area contributed by atoms with E-state index in [-0.39, 0.29) is 12.3 Å². The third-order valence-corrected chi connectivity index (χ3v) is 2.67. The quantitative estimate of drug-likeness (QED) is 0.654. The predicted octanol–water partition coefficient (Wildman–Crippen LogP) is 1.61. The highest BCUT2D eigenvalue weighted by Gasteiger charge is 1.99. The fourth-order valence-corrected chi connectivity index (χ4v) is 1.69. The molecule has 0 unspecified atom stereocenters. The summed E-state index contributed by atoms with van der Waals surface area (Å²) in [5, 5.41) is 0. The van der Waals surface area contributed by atoms with Crippen LogP contribution >= 0.6 is 0 Å². The molecular weight excluding hydrogens is 228 g/mol. The monoisotopic (exact) mass is 250 g/mol. The highest BCUT2D eigenvalue weighted by Crippen LogP contribution is 2.13. The van der Waals surface area contributed by atoms with Crippen LogP contribution in [0.5, 0.6) is 5.75 Å². The Balaban J connectivity index is 2.20. The molecule has 0 saturated heterocycles. The lowest BCUT2D eigenvalue weighted by atomic mass is 10.1. The minimum Gasteiger partial charge on any atom is -0.494 e. The number of amides is 1. The van der Waals surface area contributed by atoms with Crippen LogP contribution in [0.15, 0.2) is 24.3 Å². The maximum atomic E-state index is 10.7. The van der Waals surface area contributed by atoms with Crippen molar-refractivity contribution in [2.45, 2.75) is 32.1 Å². The molecule has 0 aromatic heterocycles. The van der Waals surface area contributed by atoms with Crippen molar-refractivity contribution in [2.75, 3.05) is 13.2 Å². The molecular formula is C14H22N2O2. The molecule has 0 radical (unpaired) electrons. The molecule has 100 valence electrons. The molecule has 0 bridgehead atoms. The summed E-state index contributed by atoms with van der Waals surface area (Å²) >= 11 is 0. The van der Waals surface area contributed by atoms with E-state index in [1.165, 1.54) is 0 Å². The summed E-state index contributed by atoms with van der Waals surface area (Å²) < 4.78 is 5.60. The van der Waals surface area contributed by atoms with E-state index in [0.29, 0.717) is 0 Å². The van der Waals surface area contributed by atoms with E-state index in [1.54, 1.807) is 0 Å². The number of carbonyl (C=O) groups is 1. The molecule has 1 amide bonds. The van der Waals surface area contributed by atoms with Crippen LogP contribution in [0.1, 0.15) is 31.2 Å². The van der Waals surface area contributed by atoms with Crippen molar-refractivity contribution >= 4 is 5.91 Å². The summed E-state index contributed by atoms with van der Waals surface area (Å²) in [5.41, 5.74) is 11.5. The smallest absolute Gasteiger partial charge is 0.221 e. The van der Waals surface area contributed by atoms with Crippen LogP contribution in [0.2, 0.25) is 0 Å². The van der Waals surface area contributed by atoms with E-state index in [0.717, 1.165) is 50.1 Å². The molecule has 0 saturated carbocycles. The number of benzene rings is 1. The van der Waals surface area contributed by atoms with Gasteiger partial charge in [-0.15, -0.1) is 0 Å². The molecule has 0 heterocycles. The normalized spacial score (nSPS) is 10.3. The Hall–Kier alpha value is -1.55. The first-order valence-electron chi connectivity index (χ1n) is 6.42. The van der Waals surface area contributed by atoms with Gasteiger partial charge in [-0.05, 0) is 37.1 Å². The second-order valence-corrected chi connectivity index (χ2v) is 4.34. The molecule has 0 spiro atoms. The molecule has 0 atom stereocenters. The Morgan fingerprint density at radius 3 is 2.33 bits per heavy atom. The summed E-state index contributed by atoms with van der Waals surface area (Å²) in [7, 11) is 0. The number of ether oxygens (including phenoxy) is 1. The van der Waals surface area contributed by atoms with Crippen molar-refractivity contribution in [3.8, 4) is 5.75 Å². The molecule has 18 heavy (non-hydrogen) atoms. The van der Waals surface area contributed by atoms with Gasteiger partial charge in [0.15, 0.2) is 0 Å². The minimum atomic E-state index is -0.316. The van der Waals surface area contributed by atoms with Crippen molar-refractivity contribution in [3.05, 3.63) is 29.8 Å². The first kappa shape index (κ1) is 14.5. The molecule has 0 aliphatic rings. The van der Waals surface area contributed by atoms with Crippen LogP contribution in [0, 0.1) is 0 Å². The van der Waals surface area contributed by atoms with Crippen molar-refractivity contribution in [1.29, 1.82) is 0 Å². The third-order valence-electron chi connectivity index (χ3n) is 2.67. The van der Waals surface area contributed by atoms with Crippen LogP contribution in [0.4, 0.5) is 0 Å². The van der Waals surface area contributed by atoms with Gasteiger partial charge < -0.3 is 16.2 Å². The maximum Gasteiger partial charge on any atom is 0.221 e. The third kappa shape index (κ3) is 6.25. The van der Waals surface area contributed by atoms with Gasteiger partial charge >= 0.3 is 0 Å². The van der Waals surface area contributed by atoms with E-state index < -0.39 is 0 Å². The molecule has 0 fully saturated rings. The molecule has 1 rings (SSSR count). The van der Waals surface area contributed by atoms with Gasteiger partial charge in [-0.2, -0.15) is 0 Å². The first-order chi connectivity index (χ1) is 8.72. The summed E-state index contributed by atoms with van der Waals surface area (Å²) in [4.78, 5) is 10.7. The Kier molecular flexibility index (Phi) is 6.87. The number of primary amides is 1. The molecule has 1 aromatic carbocycles. The summed E-state index contributed by atoms with van der Waals surface area (Å²) in [6.45, 7) is 1.49. The minimum absolute atomic E-state index is 0.277. The van der Waals surface area contributed by atoms with Gasteiger partial charge in [-0.25, -0.2) is 0 Å². The number of carbonyl (C=O) groups excluding carboxylic acids is 1. The van der Waals surface area contributed by atoms with Gasteiger partial charge in [0.2, 0.25) is 5.91 Å². The van der Waals surface area contributed by atoms with Gasteiger partial charge in [0, 0.05) is 0 Å². The van der Waals surface area contributed by atoms with Crippen LogP contribution in [-0.2, 0) is 11.2 Å².